The quantitative estimate of drug-likeness (QED) is 0.878. The first-order valence-corrected chi connectivity index (χ1v) is 6.18. The van der Waals surface area contributed by atoms with E-state index in [9.17, 15) is 9.18 Å². The highest BCUT2D eigenvalue weighted by Gasteiger charge is 2.29. The molecule has 0 bridgehead atoms. The fourth-order valence-corrected chi connectivity index (χ4v) is 1.62. The van der Waals surface area contributed by atoms with E-state index in [2.05, 4.69) is 15.3 Å². The molecular formula is C14H16FN3O2. The Morgan fingerprint density at radius 2 is 2.10 bits per heavy atom. The zero-order valence-electron chi connectivity index (χ0n) is 11.3. The van der Waals surface area contributed by atoms with Crippen LogP contribution in [0.5, 0.6) is 5.75 Å². The Bertz CT molecular complexity index is 565. The molecule has 106 valence electrons. The molecule has 20 heavy (non-hydrogen) atoms. The highest BCUT2D eigenvalue weighted by molar-refractivity contribution is 5.84. The number of ether oxygens (including phenoxy) is 1. The maximum atomic E-state index is 12.8. The Labute approximate surface area is 116 Å². The lowest BCUT2D eigenvalue weighted by Crippen LogP contribution is -2.46. The molecule has 1 aromatic carbocycles. The second-order valence-corrected chi connectivity index (χ2v) is 4.78. The summed E-state index contributed by atoms with van der Waals surface area (Å²) in [6.45, 7) is 3.59. The molecule has 0 atom stereocenters. The van der Waals surface area contributed by atoms with Crippen LogP contribution in [0.25, 0.3) is 0 Å². The van der Waals surface area contributed by atoms with Crippen molar-refractivity contribution in [2.45, 2.75) is 26.0 Å². The Kier molecular flexibility index (Phi) is 4.02. The molecule has 5 nitrogen and oxygen atoms in total. The number of aromatic nitrogens is 2. The summed E-state index contributed by atoms with van der Waals surface area (Å²) in [6, 6.07) is 5.53. The van der Waals surface area contributed by atoms with Gasteiger partial charge in [0.15, 0.2) is 5.60 Å². The third kappa shape index (κ3) is 3.57. The Morgan fingerprint density at radius 3 is 2.70 bits per heavy atom. The van der Waals surface area contributed by atoms with E-state index in [0.717, 1.165) is 0 Å². The average Bonchev–Trinajstić information content (AvgIpc) is 2.91. The molecule has 6 heteroatoms. The van der Waals surface area contributed by atoms with Crippen LogP contribution >= 0.6 is 0 Å². The highest BCUT2D eigenvalue weighted by atomic mass is 19.1. The Hall–Kier alpha value is -2.37. The molecule has 0 spiro atoms. The van der Waals surface area contributed by atoms with Crippen molar-refractivity contribution in [3.05, 3.63) is 48.3 Å². The van der Waals surface area contributed by atoms with Crippen LogP contribution in [0.15, 0.2) is 36.7 Å². The van der Waals surface area contributed by atoms with Crippen molar-refractivity contribution in [3.8, 4) is 5.75 Å². The van der Waals surface area contributed by atoms with E-state index in [-0.39, 0.29) is 11.7 Å². The van der Waals surface area contributed by atoms with Gasteiger partial charge in [0.2, 0.25) is 0 Å². The molecule has 0 aliphatic carbocycles. The highest BCUT2D eigenvalue weighted by Crippen LogP contribution is 2.18. The third-order valence-corrected chi connectivity index (χ3v) is 2.70. The summed E-state index contributed by atoms with van der Waals surface area (Å²) in [4.78, 5) is 19.0. The lowest BCUT2D eigenvalue weighted by atomic mass is 10.1. The molecule has 0 aliphatic heterocycles. The van der Waals surface area contributed by atoms with Crippen molar-refractivity contribution >= 4 is 5.91 Å². The predicted octanol–water partition coefficient (Wildman–Crippen LogP) is 2.02. The molecule has 0 unspecified atom stereocenters. The predicted molar refractivity (Wildman–Crippen MR) is 71.5 cm³/mol. The molecule has 0 saturated carbocycles. The van der Waals surface area contributed by atoms with Gasteiger partial charge in [0.25, 0.3) is 5.91 Å². The molecule has 0 aliphatic rings. The smallest absolute Gasteiger partial charge is 0.263 e. The van der Waals surface area contributed by atoms with Crippen molar-refractivity contribution in [2.24, 2.45) is 0 Å². The molecule has 1 aromatic heterocycles. The summed E-state index contributed by atoms with van der Waals surface area (Å²) in [6.07, 6.45) is 3.29. The number of H-pyrrole nitrogens is 1. The van der Waals surface area contributed by atoms with Gasteiger partial charge in [-0.25, -0.2) is 9.37 Å². The van der Waals surface area contributed by atoms with E-state index in [1.54, 1.807) is 26.2 Å². The third-order valence-electron chi connectivity index (χ3n) is 2.70. The van der Waals surface area contributed by atoms with Crippen LogP contribution in [0.3, 0.4) is 0 Å². The number of nitrogens with zero attached hydrogens (tertiary/aromatic N) is 1. The fourth-order valence-electron chi connectivity index (χ4n) is 1.62. The van der Waals surface area contributed by atoms with Gasteiger partial charge >= 0.3 is 0 Å². The van der Waals surface area contributed by atoms with Crippen molar-refractivity contribution < 1.29 is 13.9 Å². The summed E-state index contributed by atoms with van der Waals surface area (Å²) in [5, 5.41) is 2.73. The van der Waals surface area contributed by atoms with Gasteiger partial charge in [0.05, 0.1) is 6.54 Å². The van der Waals surface area contributed by atoms with Crippen LogP contribution in [-0.4, -0.2) is 21.5 Å². The van der Waals surface area contributed by atoms with Gasteiger partial charge in [-0.1, -0.05) is 0 Å². The van der Waals surface area contributed by atoms with Gasteiger partial charge in [-0.15, -0.1) is 0 Å². The largest absolute Gasteiger partial charge is 0.478 e. The number of carbonyl (C=O) groups excluding carboxylic acids is 1. The molecule has 1 amide bonds. The number of rotatable bonds is 5. The molecule has 0 radical (unpaired) electrons. The van der Waals surface area contributed by atoms with Gasteiger partial charge in [0.1, 0.15) is 17.4 Å². The maximum absolute atomic E-state index is 12.8. The minimum atomic E-state index is -1.07. The van der Waals surface area contributed by atoms with E-state index >= 15 is 0 Å². The standard InChI is InChI=1S/C14H16FN3O2/c1-14(2,20-11-5-3-10(15)4-6-11)13(19)18-9-12-16-7-8-17-12/h3-8H,9H2,1-2H3,(H,16,17)(H,18,19). The first-order chi connectivity index (χ1) is 9.47. The van der Waals surface area contributed by atoms with Crippen molar-refractivity contribution in [2.75, 3.05) is 0 Å². The first-order valence-electron chi connectivity index (χ1n) is 6.18. The first kappa shape index (κ1) is 14.0. The van der Waals surface area contributed by atoms with Gasteiger partial charge in [0, 0.05) is 12.4 Å². The fraction of sp³-hybridized carbons (Fsp3) is 0.286. The Balaban J connectivity index is 1.94. The Morgan fingerprint density at radius 1 is 1.40 bits per heavy atom. The minimum absolute atomic E-state index is 0.279. The van der Waals surface area contributed by atoms with Crippen molar-refractivity contribution in [3.63, 3.8) is 0 Å². The lowest BCUT2D eigenvalue weighted by molar-refractivity contribution is -0.134. The average molecular weight is 277 g/mol. The van der Waals surface area contributed by atoms with E-state index in [0.29, 0.717) is 18.1 Å². The van der Waals surface area contributed by atoms with E-state index in [1.807, 2.05) is 0 Å². The number of halogens is 1. The van der Waals surface area contributed by atoms with E-state index in [1.165, 1.54) is 24.3 Å². The molecule has 1 heterocycles. The van der Waals surface area contributed by atoms with Gasteiger partial charge in [-0.3, -0.25) is 4.79 Å². The number of hydrogen-bond donors (Lipinski definition) is 2. The summed E-state index contributed by atoms with van der Waals surface area (Å²) in [5.74, 6) is 0.469. The van der Waals surface area contributed by atoms with Crippen LogP contribution in [0.2, 0.25) is 0 Å². The zero-order chi connectivity index (χ0) is 14.6. The van der Waals surface area contributed by atoms with Crippen molar-refractivity contribution in [1.29, 1.82) is 0 Å². The number of amides is 1. The van der Waals surface area contributed by atoms with E-state index in [4.69, 9.17) is 4.74 Å². The molecular weight excluding hydrogens is 261 g/mol. The number of nitrogens with one attached hydrogen (secondary N) is 2. The minimum Gasteiger partial charge on any atom is -0.478 e. The zero-order valence-corrected chi connectivity index (χ0v) is 11.3. The molecule has 2 N–H and O–H groups in total. The maximum Gasteiger partial charge on any atom is 0.263 e. The normalized spacial score (nSPS) is 11.2. The van der Waals surface area contributed by atoms with Gasteiger partial charge in [-0.05, 0) is 38.1 Å². The van der Waals surface area contributed by atoms with Crippen molar-refractivity contribution in [1.82, 2.24) is 15.3 Å². The number of carbonyl (C=O) groups is 1. The molecule has 2 rings (SSSR count). The lowest BCUT2D eigenvalue weighted by Gasteiger charge is -2.25. The SMILES string of the molecule is CC(C)(Oc1ccc(F)cc1)C(=O)NCc1ncc[nH]1. The van der Waals surface area contributed by atoms with Crippen LogP contribution < -0.4 is 10.1 Å². The second kappa shape index (κ2) is 5.73. The van der Waals surface area contributed by atoms with Crippen LogP contribution in [0.4, 0.5) is 4.39 Å². The number of aromatic amines is 1. The van der Waals surface area contributed by atoms with Gasteiger partial charge in [-0.2, -0.15) is 0 Å². The second-order valence-electron chi connectivity index (χ2n) is 4.78. The summed E-state index contributed by atoms with van der Waals surface area (Å²) < 4.78 is 18.4. The van der Waals surface area contributed by atoms with Crippen LogP contribution in [-0.2, 0) is 11.3 Å². The monoisotopic (exact) mass is 277 g/mol. The molecule has 0 saturated heterocycles. The van der Waals surface area contributed by atoms with E-state index < -0.39 is 5.60 Å². The number of hydrogen-bond acceptors (Lipinski definition) is 3. The molecule has 2 aromatic rings. The topological polar surface area (TPSA) is 67.0 Å². The van der Waals surface area contributed by atoms with Crippen LogP contribution in [0.1, 0.15) is 19.7 Å². The number of imidazole rings is 1. The number of benzene rings is 1. The summed E-state index contributed by atoms with van der Waals surface area (Å²) >= 11 is 0. The summed E-state index contributed by atoms with van der Waals surface area (Å²) in [7, 11) is 0. The summed E-state index contributed by atoms with van der Waals surface area (Å²) in [5.41, 5.74) is -1.07. The van der Waals surface area contributed by atoms with Crippen LogP contribution in [0, 0.1) is 5.82 Å². The van der Waals surface area contributed by atoms with Gasteiger partial charge < -0.3 is 15.0 Å². The molecule has 0 fully saturated rings.